The fourth-order valence-corrected chi connectivity index (χ4v) is 6.55. The second kappa shape index (κ2) is 10.5. The van der Waals surface area contributed by atoms with Crippen LogP contribution >= 0.6 is 0 Å². The Bertz CT molecular complexity index is 1420. The molecule has 0 N–H and O–H groups in total. The molecule has 4 aromatic carbocycles. The van der Waals surface area contributed by atoms with Crippen LogP contribution in [0.25, 0.3) is 0 Å². The first-order chi connectivity index (χ1) is 19.1. The molecule has 1 amide bonds. The number of para-hydroxylation sites is 1. The minimum Gasteiger partial charge on any atom is -0.452 e. The van der Waals surface area contributed by atoms with E-state index in [4.69, 9.17) is 4.74 Å². The summed E-state index contributed by atoms with van der Waals surface area (Å²) in [6.45, 7) is 0. The highest BCUT2D eigenvalue weighted by Crippen LogP contribution is 2.52. The van der Waals surface area contributed by atoms with Crippen molar-refractivity contribution in [1.82, 2.24) is 9.80 Å². The van der Waals surface area contributed by atoms with Gasteiger partial charge >= 0.3 is 6.09 Å². The average molecular weight is 516 g/mol. The standard InChI is InChI=1S/C34H33N3O2/c1-35-31(25-17-9-5-10-18-25)32(26-19-11-6-12-20-26)36(2)33(35)28-23-37(34(38)39-3)29-22-14-13-21-27(29)30(28)24-15-7-4-8-16-24/h4-23,30-33H,1-3H3/t30-,31-,32-/m0/s1. The highest BCUT2D eigenvalue weighted by molar-refractivity contribution is 5.92. The second-order valence-electron chi connectivity index (χ2n) is 10.3. The number of likely N-dealkylation sites (N-methyl/N-ethyl adjacent to an activating group) is 2. The van der Waals surface area contributed by atoms with Gasteiger partial charge in [-0.3, -0.25) is 14.7 Å². The van der Waals surface area contributed by atoms with Crippen molar-refractivity contribution in [3.05, 3.63) is 149 Å². The van der Waals surface area contributed by atoms with Gasteiger partial charge in [0, 0.05) is 12.1 Å². The van der Waals surface area contributed by atoms with Gasteiger partial charge in [0.25, 0.3) is 0 Å². The molecular formula is C34H33N3O2. The first kappa shape index (κ1) is 25.1. The van der Waals surface area contributed by atoms with E-state index in [2.05, 4.69) is 121 Å². The van der Waals surface area contributed by atoms with Crippen LogP contribution in [0.3, 0.4) is 0 Å². The Morgan fingerprint density at radius 2 is 1.10 bits per heavy atom. The summed E-state index contributed by atoms with van der Waals surface area (Å²) in [7, 11) is 5.84. The van der Waals surface area contributed by atoms with E-state index in [1.54, 1.807) is 4.90 Å². The van der Waals surface area contributed by atoms with Crippen molar-refractivity contribution in [2.24, 2.45) is 0 Å². The van der Waals surface area contributed by atoms with E-state index in [1.165, 1.54) is 23.8 Å². The Balaban J connectivity index is 1.55. The van der Waals surface area contributed by atoms with Gasteiger partial charge in [-0.15, -0.1) is 0 Å². The topological polar surface area (TPSA) is 36.0 Å². The molecule has 0 unspecified atom stereocenters. The van der Waals surface area contributed by atoms with E-state index in [9.17, 15) is 4.79 Å². The maximum absolute atomic E-state index is 13.1. The number of ether oxygens (including phenoxy) is 1. The summed E-state index contributed by atoms with van der Waals surface area (Å²) in [4.78, 5) is 19.7. The molecule has 3 atom stereocenters. The monoisotopic (exact) mass is 515 g/mol. The van der Waals surface area contributed by atoms with Crippen molar-refractivity contribution in [3.8, 4) is 0 Å². The van der Waals surface area contributed by atoms with Gasteiger partial charge in [-0.2, -0.15) is 0 Å². The van der Waals surface area contributed by atoms with E-state index in [-0.39, 0.29) is 24.2 Å². The van der Waals surface area contributed by atoms with Crippen molar-refractivity contribution in [3.63, 3.8) is 0 Å². The van der Waals surface area contributed by atoms with Crippen LogP contribution in [0.5, 0.6) is 0 Å². The molecule has 5 nitrogen and oxygen atoms in total. The predicted molar refractivity (Wildman–Crippen MR) is 155 cm³/mol. The predicted octanol–water partition coefficient (Wildman–Crippen LogP) is 6.97. The summed E-state index contributed by atoms with van der Waals surface area (Å²) in [5.41, 5.74) is 6.80. The largest absolute Gasteiger partial charge is 0.452 e. The van der Waals surface area contributed by atoms with E-state index in [0.29, 0.717) is 0 Å². The van der Waals surface area contributed by atoms with Crippen LogP contribution in [0, 0.1) is 0 Å². The number of anilines is 1. The van der Waals surface area contributed by atoms with E-state index < -0.39 is 6.09 Å². The van der Waals surface area contributed by atoms with Crippen LogP contribution in [0.1, 0.15) is 40.3 Å². The average Bonchev–Trinajstić information content (AvgIpc) is 3.26. The number of rotatable bonds is 4. The molecule has 1 fully saturated rings. The molecule has 0 saturated carbocycles. The number of hydrogen-bond acceptors (Lipinski definition) is 4. The van der Waals surface area contributed by atoms with Gasteiger partial charge < -0.3 is 4.74 Å². The molecule has 0 radical (unpaired) electrons. The van der Waals surface area contributed by atoms with Gasteiger partial charge in [0.05, 0.1) is 31.0 Å². The van der Waals surface area contributed by atoms with E-state index in [1.807, 2.05) is 24.4 Å². The zero-order chi connectivity index (χ0) is 26.9. The highest BCUT2D eigenvalue weighted by atomic mass is 16.5. The summed E-state index contributed by atoms with van der Waals surface area (Å²) < 4.78 is 5.25. The highest BCUT2D eigenvalue weighted by Gasteiger charge is 2.49. The number of nitrogens with zero attached hydrogens (tertiary/aromatic N) is 3. The molecule has 2 aliphatic heterocycles. The summed E-state index contributed by atoms with van der Waals surface area (Å²) >= 11 is 0. The number of benzene rings is 4. The van der Waals surface area contributed by atoms with Crippen LogP contribution in [0.4, 0.5) is 10.5 Å². The lowest BCUT2D eigenvalue weighted by Gasteiger charge is -2.39. The molecule has 1 saturated heterocycles. The molecule has 4 aromatic rings. The van der Waals surface area contributed by atoms with Crippen molar-refractivity contribution in [1.29, 1.82) is 0 Å². The molecule has 2 aliphatic rings. The molecule has 2 heterocycles. The molecule has 0 aliphatic carbocycles. The third kappa shape index (κ3) is 4.34. The van der Waals surface area contributed by atoms with Gasteiger partial charge in [-0.05, 0) is 48.0 Å². The molecular weight excluding hydrogens is 482 g/mol. The zero-order valence-electron chi connectivity index (χ0n) is 22.5. The lowest BCUT2D eigenvalue weighted by atomic mass is 9.80. The SMILES string of the molecule is COC(=O)N1C=C(C2N(C)[C@@H](c3ccccc3)[C@H](c3ccccc3)N2C)[C@@H](c2ccccc2)c2ccccc21. The molecule has 5 heteroatoms. The van der Waals surface area contributed by atoms with Crippen molar-refractivity contribution in [2.75, 3.05) is 26.1 Å². The minimum atomic E-state index is -0.394. The summed E-state index contributed by atoms with van der Waals surface area (Å²) in [5, 5.41) is 0. The summed E-state index contributed by atoms with van der Waals surface area (Å²) in [6.07, 6.45) is 1.54. The van der Waals surface area contributed by atoms with Crippen molar-refractivity contribution >= 4 is 11.8 Å². The summed E-state index contributed by atoms with van der Waals surface area (Å²) in [5.74, 6) is -0.0239. The number of carbonyl (C=O) groups excluding carboxylic acids is 1. The van der Waals surface area contributed by atoms with Crippen LogP contribution < -0.4 is 4.90 Å². The molecule has 0 spiro atoms. The van der Waals surface area contributed by atoms with E-state index in [0.717, 1.165) is 16.8 Å². The fraction of sp³-hybridized carbons (Fsp3) is 0.206. The van der Waals surface area contributed by atoms with Crippen LogP contribution in [0.2, 0.25) is 0 Å². The molecule has 0 aromatic heterocycles. The fourth-order valence-electron chi connectivity index (χ4n) is 6.55. The van der Waals surface area contributed by atoms with E-state index >= 15 is 0 Å². The van der Waals surface area contributed by atoms with Gasteiger partial charge in [-0.1, -0.05) is 109 Å². The van der Waals surface area contributed by atoms with Crippen molar-refractivity contribution in [2.45, 2.75) is 24.2 Å². The Labute approximate surface area is 230 Å². The van der Waals surface area contributed by atoms with Crippen molar-refractivity contribution < 1.29 is 9.53 Å². The quantitative estimate of drug-likeness (QED) is 0.294. The van der Waals surface area contributed by atoms with Gasteiger partial charge in [0.1, 0.15) is 0 Å². The number of carbonyl (C=O) groups is 1. The Kier molecular flexibility index (Phi) is 6.77. The number of amides is 1. The Morgan fingerprint density at radius 1 is 0.641 bits per heavy atom. The first-order valence-electron chi connectivity index (χ1n) is 13.4. The Morgan fingerprint density at radius 3 is 1.62 bits per heavy atom. The van der Waals surface area contributed by atoms with Crippen LogP contribution in [-0.2, 0) is 4.74 Å². The molecule has 6 rings (SSSR count). The Hall–Kier alpha value is -4.19. The normalized spacial score (nSPS) is 21.9. The molecule has 39 heavy (non-hydrogen) atoms. The lowest BCUT2D eigenvalue weighted by Crippen LogP contribution is -2.42. The maximum Gasteiger partial charge on any atom is 0.418 e. The van der Waals surface area contributed by atoms with Crippen LogP contribution in [-0.4, -0.2) is 43.3 Å². The first-order valence-corrected chi connectivity index (χ1v) is 13.4. The minimum absolute atomic E-state index is 0.0239. The smallest absolute Gasteiger partial charge is 0.418 e. The summed E-state index contributed by atoms with van der Waals surface area (Å²) in [6, 6.07) is 40.4. The number of fused-ring (bicyclic) bond motifs is 1. The lowest BCUT2D eigenvalue weighted by molar-refractivity contribution is 0.178. The maximum atomic E-state index is 13.1. The number of hydrogen-bond donors (Lipinski definition) is 0. The molecule has 0 bridgehead atoms. The van der Waals surface area contributed by atoms with Crippen LogP contribution in [0.15, 0.2) is 127 Å². The van der Waals surface area contributed by atoms with Gasteiger partial charge in [0.15, 0.2) is 0 Å². The third-order valence-electron chi connectivity index (χ3n) is 8.15. The number of methoxy groups -OCH3 is 1. The second-order valence-corrected chi connectivity index (χ2v) is 10.3. The zero-order valence-corrected chi connectivity index (χ0v) is 22.5. The third-order valence-corrected chi connectivity index (χ3v) is 8.15. The molecule has 196 valence electrons. The van der Waals surface area contributed by atoms with Gasteiger partial charge in [-0.25, -0.2) is 4.79 Å². The van der Waals surface area contributed by atoms with Gasteiger partial charge in [0.2, 0.25) is 0 Å².